The van der Waals surface area contributed by atoms with Crippen molar-refractivity contribution < 1.29 is 5.11 Å². The number of rotatable bonds is 2. The van der Waals surface area contributed by atoms with Crippen molar-refractivity contribution in [3.63, 3.8) is 0 Å². The number of nitrogens with zero attached hydrogens (tertiary/aromatic N) is 2. The third-order valence-electron chi connectivity index (χ3n) is 1.29. The van der Waals surface area contributed by atoms with Crippen LogP contribution in [0.15, 0.2) is 29.3 Å². The van der Waals surface area contributed by atoms with Gasteiger partial charge in [-0.2, -0.15) is 0 Å². The van der Waals surface area contributed by atoms with Gasteiger partial charge in [0.2, 0.25) is 0 Å². The molecule has 0 aliphatic carbocycles. The Kier molecular flexibility index (Phi) is 2.69. The zero-order chi connectivity index (χ0) is 8.97. The summed E-state index contributed by atoms with van der Waals surface area (Å²) in [4.78, 5) is 5.99. The highest BCUT2D eigenvalue weighted by molar-refractivity contribution is 5.60. The molecule has 3 nitrogen and oxygen atoms in total. The summed E-state index contributed by atoms with van der Waals surface area (Å²) in [6, 6.07) is 6.75. The van der Waals surface area contributed by atoms with Crippen molar-refractivity contribution in [1.82, 2.24) is 4.90 Å². The van der Waals surface area contributed by atoms with Crippen LogP contribution in [0.25, 0.3) is 0 Å². The molecule has 0 fully saturated rings. The number of benzene rings is 1. The Hall–Kier alpha value is -1.51. The fourth-order valence-corrected chi connectivity index (χ4v) is 0.721. The zero-order valence-electron chi connectivity index (χ0n) is 7.23. The van der Waals surface area contributed by atoms with Crippen LogP contribution < -0.4 is 0 Å². The van der Waals surface area contributed by atoms with Crippen molar-refractivity contribution in [3.8, 4) is 5.75 Å². The number of hydrogen-bond acceptors (Lipinski definition) is 2. The Balaban J connectivity index is 2.71. The maximum Gasteiger partial charge on any atom is 0.115 e. The summed E-state index contributed by atoms with van der Waals surface area (Å²) in [5.74, 6) is 0.263. The first-order valence-corrected chi connectivity index (χ1v) is 3.68. The average Bonchev–Trinajstić information content (AvgIpc) is 2.03. The van der Waals surface area contributed by atoms with Crippen LogP contribution in [0, 0.1) is 0 Å². The lowest BCUT2D eigenvalue weighted by Crippen LogP contribution is -2.06. The fraction of sp³-hybridized carbons (Fsp3) is 0.222. The highest BCUT2D eigenvalue weighted by atomic mass is 16.3. The van der Waals surface area contributed by atoms with Crippen LogP contribution in [0.3, 0.4) is 0 Å². The van der Waals surface area contributed by atoms with Crippen LogP contribution >= 0.6 is 0 Å². The number of aliphatic imine (C=N–C) groups is 1. The number of hydrogen-bond donors (Lipinski definition) is 1. The first kappa shape index (κ1) is 8.59. The summed E-state index contributed by atoms with van der Waals surface area (Å²) < 4.78 is 0. The molecule has 3 heteroatoms. The van der Waals surface area contributed by atoms with Gasteiger partial charge in [-0.05, 0) is 24.3 Å². The summed E-state index contributed by atoms with van der Waals surface area (Å²) in [6.45, 7) is 0. The van der Waals surface area contributed by atoms with Crippen molar-refractivity contribution in [3.05, 3.63) is 24.3 Å². The molecule has 0 saturated carbocycles. The Bertz CT molecular complexity index is 264. The van der Waals surface area contributed by atoms with E-state index in [0.29, 0.717) is 0 Å². The van der Waals surface area contributed by atoms with E-state index in [9.17, 15) is 0 Å². The van der Waals surface area contributed by atoms with Crippen molar-refractivity contribution in [2.24, 2.45) is 4.99 Å². The maximum absolute atomic E-state index is 8.97. The van der Waals surface area contributed by atoms with Crippen LogP contribution in [0.2, 0.25) is 0 Å². The minimum atomic E-state index is 0.263. The molecule has 0 atom stereocenters. The van der Waals surface area contributed by atoms with E-state index in [1.54, 1.807) is 30.6 Å². The Morgan fingerprint density at radius 2 is 1.83 bits per heavy atom. The molecule has 0 radical (unpaired) electrons. The van der Waals surface area contributed by atoms with Crippen molar-refractivity contribution in [2.75, 3.05) is 14.1 Å². The third kappa shape index (κ3) is 2.62. The highest BCUT2D eigenvalue weighted by Crippen LogP contribution is 2.15. The molecular weight excluding hydrogens is 152 g/mol. The summed E-state index contributed by atoms with van der Waals surface area (Å²) in [7, 11) is 3.81. The van der Waals surface area contributed by atoms with Gasteiger partial charge in [0.1, 0.15) is 5.75 Å². The van der Waals surface area contributed by atoms with E-state index in [2.05, 4.69) is 4.99 Å². The van der Waals surface area contributed by atoms with Crippen molar-refractivity contribution in [1.29, 1.82) is 0 Å². The van der Waals surface area contributed by atoms with E-state index >= 15 is 0 Å². The topological polar surface area (TPSA) is 35.8 Å². The van der Waals surface area contributed by atoms with Gasteiger partial charge in [0.05, 0.1) is 12.0 Å². The van der Waals surface area contributed by atoms with Gasteiger partial charge in [-0.25, -0.2) is 4.99 Å². The number of phenolic OH excluding ortho intramolecular Hbond substituents is 1. The predicted molar refractivity (Wildman–Crippen MR) is 49.9 cm³/mol. The molecular formula is C9H12N2O. The molecule has 0 unspecified atom stereocenters. The van der Waals surface area contributed by atoms with Crippen molar-refractivity contribution >= 4 is 12.0 Å². The second kappa shape index (κ2) is 3.76. The summed E-state index contributed by atoms with van der Waals surface area (Å²) >= 11 is 0. The lowest BCUT2D eigenvalue weighted by Gasteiger charge is -2.01. The van der Waals surface area contributed by atoms with Crippen LogP contribution in [-0.2, 0) is 0 Å². The number of aromatic hydroxyl groups is 1. The molecule has 0 aliphatic rings. The molecule has 0 aliphatic heterocycles. The lowest BCUT2D eigenvalue weighted by atomic mass is 10.3. The first-order chi connectivity index (χ1) is 5.68. The third-order valence-corrected chi connectivity index (χ3v) is 1.29. The molecule has 12 heavy (non-hydrogen) atoms. The molecule has 0 spiro atoms. The molecule has 1 N–H and O–H groups in total. The van der Waals surface area contributed by atoms with Gasteiger partial charge in [0, 0.05) is 14.1 Å². The molecule has 0 heterocycles. The fourth-order valence-electron chi connectivity index (χ4n) is 0.721. The molecule has 1 rings (SSSR count). The Labute approximate surface area is 72.0 Å². The van der Waals surface area contributed by atoms with Crippen LogP contribution in [0.1, 0.15) is 0 Å². The minimum Gasteiger partial charge on any atom is -0.508 e. The standard InChI is InChI=1S/C9H12N2O/c1-11(2)7-10-8-3-5-9(12)6-4-8/h3-7,12H,1-2H3/b10-7-. The molecule has 1 aromatic rings. The van der Waals surface area contributed by atoms with E-state index in [1.807, 2.05) is 19.0 Å². The van der Waals surface area contributed by atoms with E-state index in [4.69, 9.17) is 5.11 Å². The smallest absolute Gasteiger partial charge is 0.115 e. The van der Waals surface area contributed by atoms with E-state index < -0.39 is 0 Å². The normalized spacial score (nSPS) is 10.5. The maximum atomic E-state index is 8.97. The number of phenols is 1. The highest BCUT2D eigenvalue weighted by Gasteiger charge is 1.88. The van der Waals surface area contributed by atoms with Gasteiger partial charge in [0.15, 0.2) is 0 Å². The van der Waals surface area contributed by atoms with Gasteiger partial charge >= 0.3 is 0 Å². The van der Waals surface area contributed by atoms with Gasteiger partial charge in [0.25, 0.3) is 0 Å². The Morgan fingerprint density at radius 1 is 1.25 bits per heavy atom. The van der Waals surface area contributed by atoms with Crippen molar-refractivity contribution in [2.45, 2.75) is 0 Å². The van der Waals surface area contributed by atoms with E-state index in [0.717, 1.165) is 5.69 Å². The summed E-state index contributed by atoms with van der Waals surface area (Å²) in [5.41, 5.74) is 0.835. The molecule has 0 amide bonds. The Morgan fingerprint density at radius 3 is 2.33 bits per heavy atom. The van der Waals surface area contributed by atoms with E-state index in [1.165, 1.54) is 0 Å². The lowest BCUT2D eigenvalue weighted by molar-refractivity contribution is 0.475. The SMILES string of the molecule is CN(C)/C=N\c1ccc(O)cc1. The average molecular weight is 164 g/mol. The first-order valence-electron chi connectivity index (χ1n) is 3.68. The van der Waals surface area contributed by atoms with Gasteiger partial charge in [-0.1, -0.05) is 0 Å². The van der Waals surface area contributed by atoms with Crippen LogP contribution in [0.4, 0.5) is 5.69 Å². The van der Waals surface area contributed by atoms with E-state index in [-0.39, 0.29) is 5.75 Å². The second-order valence-corrected chi connectivity index (χ2v) is 2.72. The molecule has 1 aromatic carbocycles. The van der Waals surface area contributed by atoms with Gasteiger partial charge < -0.3 is 10.0 Å². The summed E-state index contributed by atoms with van der Waals surface area (Å²) in [5, 5.41) is 8.97. The van der Waals surface area contributed by atoms with Crippen LogP contribution in [-0.4, -0.2) is 30.4 Å². The second-order valence-electron chi connectivity index (χ2n) is 2.72. The predicted octanol–water partition coefficient (Wildman–Crippen LogP) is 1.61. The molecule has 64 valence electrons. The van der Waals surface area contributed by atoms with Gasteiger partial charge in [-0.15, -0.1) is 0 Å². The molecule has 0 aromatic heterocycles. The van der Waals surface area contributed by atoms with Crippen LogP contribution in [0.5, 0.6) is 5.75 Å². The quantitative estimate of drug-likeness (QED) is 0.532. The molecule has 0 saturated heterocycles. The van der Waals surface area contributed by atoms with Gasteiger partial charge in [-0.3, -0.25) is 0 Å². The zero-order valence-corrected chi connectivity index (χ0v) is 7.23. The monoisotopic (exact) mass is 164 g/mol. The molecule has 0 bridgehead atoms. The largest absolute Gasteiger partial charge is 0.508 e. The summed E-state index contributed by atoms with van der Waals surface area (Å²) in [6.07, 6.45) is 1.71. The minimum absolute atomic E-state index is 0.263.